The predicted molar refractivity (Wildman–Crippen MR) is 78.9 cm³/mol. The van der Waals surface area contributed by atoms with Crippen LogP contribution in [0.3, 0.4) is 0 Å². The summed E-state index contributed by atoms with van der Waals surface area (Å²) in [6.45, 7) is 1.36. The highest BCUT2D eigenvalue weighted by atomic mass is 19.4. The van der Waals surface area contributed by atoms with Gasteiger partial charge in [-0.25, -0.2) is 0 Å². The molecule has 3 atom stereocenters. The summed E-state index contributed by atoms with van der Waals surface area (Å²) in [5.74, 6) is -0.367. The lowest BCUT2D eigenvalue weighted by molar-refractivity contribution is -0.137. The van der Waals surface area contributed by atoms with Crippen molar-refractivity contribution < 1.29 is 22.7 Å². The lowest BCUT2D eigenvalue weighted by Crippen LogP contribution is -2.28. The fourth-order valence-corrected chi connectivity index (χ4v) is 3.16. The number of hydrogen-bond acceptors (Lipinski definition) is 2. The lowest BCUT2D eigenvalue weighted by Gasteiger charge is -2.10. The lowest BCUT2D eigenvalue weighted by atomic mass is 10.1. The molecule has 0 radical (unpaired) electrons. The third-order valence-corrected chi connectivity index (χ3v) is 4.56. The maximum absolute atomic E-state index is 12.7. The van der Waals surface area contributed by atoms with E-state index in [0.29, 0.717) is 18.5 Å². The second-order valence-corrected chi connectivity index (χ2v) is 6.29. The Bertz CT molecular complexity index is 567. The van der Waals surface area contributed by atoms with E-state index in [2.05, 4.69) is 5.32 Å². The molecule has 1 N–H and O–H groups in total. The molecule has 1 heterocycles. The number of carbonyl (C=O) groups is 1. The highest BCUT2D eigenvalue weighted by Gasteiger charge is 2.44. The number of benzene rings is 1. The summed E-state index contributed by atoms with van der Waals surface area (Å²) in [6, 6.07) is 5.29. The maximum Gasteiger partial charge on any atom is 0.416 e. The Balaban J connectivity index is 1.49. The summed E-state index contributed by atoms with van der Waals surface area (Å²) in [4.78, 5) is 12.1. The number of halogens is 3. The van der Waals surface area contributed by atoms with Crippen molar-refractivity contribution in [3.05, 3.63) is 35.4 Å². The normalized spacial score (nSPS) is 27.0. The van der Waals surface area contributed by atoms with Gasteiger partial charge in [-0.3, -0.25) is 4.79 Å². The van der Waals surface area contributed by atoms with Gasteiger partial charge in [0.15, 0.2) is 0 Å². The Kier molecular flexibility index (Phi) is 4.62. The van der Waals surface area contributed by atoms with E-state index in [4.69, 9.17) is 4.74 Å². The third kappa shape index (κ3) is 4.05. The highest BCUT2D eigenvalue weighted by Crippen LogP contribution is 2.48. The first-order valence-corrected chi connectivity index (χ1v) is 8.01. The standard InChI is InChI=1S/C17H20F3NO2/c18-17(19,20)12-4-1-3-11(9-12)14-10-15(14)16(22)21-7-6-13-5-2-8-23-13/h1,3-4,9,13-15H,2,5-8,10H2,(H,21,22)/t13-,14-,15+/m0/s1. The zero-order valence-electron chi connectivity index (χ0n) is 12.7. The number of ether oxygens (including phenoxy) is 1. The summed E-state index contributed by atoms with van der Waals surface area (Å²) >= 11 is 0. The molecular weight excluding hydrogens is 307 g/mol. The quantitative estimate of drug-likeness (QED) is 0.899. The van der Waals surface area contributed by atoms with Gasteiger partial charge in [-0.15, -0.1) is 0 Å². The molecule has 0 bridgehead atoms. The fraction of sp³-hybridized carbons (Fsp3) is 0.588. The van der Waals surface area contributed by atoms with E-state index in [1.165, 1.54) is 6.07 Å². The molecule has 2 fully saturated rings. The number of alkyl halides is 3. The van der Waals surface area contributed by atoms with Crippen LogP contribution < -0.4 is 5.32 Å². The van der Waals surface area contributed by atoms with E-state index in [1.54, 1.807) is 6.07 Å². The minimum Gasteiger partial charge on any atom is -0.378 e. The Morgan fingerprint density at radius 2 is 2.17 bits per heavy atom. The van der Waals surface area contributed by atoms with Crippen LogP contribution in [0.25, 0.3) is 0 Å². The molecule has 3 rings (SSSR count). The van der Waals surface area contributed by atoms with Crippen LogP contribution in [0.5, 0.6) is 0 Å². The molecule has 1 saturated heterocycles. The van der Waals surface area contributed by atoms with Gasteiger partial charge in [-0.05, 0) is 43.2 Å². The molecule has 1 saturated carbocycles. The molecule has 1 amide bonds. The Labute approximate surface area is 133 Å². The van der Waals surface area contributed by atoms with Gasteiger partial charge in [0.05, 0.1) is 11.7 Å². The van der Waals surface area contributed by atoms with Crippen LogP contribution in [0.15, 0.2) is 24.3 Å². The van der Waals surface area contributed by atoms with Crippen molar-refractivity contribution >= 4 is 5.91 Å². The number of hydrogen-bond donors (Lipinski definition) is 1. The smallest absolute Gasteiger partial charge is 0.378 e. The van der Waals surface area contributed by atoms with Crippen molar-refractivity contribution in [1.82, 2.24) is 5.32 Å². The van der Waals surface area contributed by atoms with Crippen LogP contribution in [0, 0.1) is 5.92 Å². The highest BCUT2D eigenvalue weighted by molar-refractivity contribution is 5.82. The van der Waals surface area contributed by atoms with Gasteiger partial charge in [0.25, 0.3) is 0 Å². The molecule has 1 aliphatic heterocycles. The van der Waals surface area contributed by atoms with Gasteiger partial charge < -0.3 is 10.1 Å². The summed E-state index contributed by atoms with van der Waals surface area (Å²) in [7, 11) is 0. The molecule has 0 unspecified atom stereocenters. The first-order chi connectivity index (χ1) is 10.9. The van der Waals surface area contributed by atoms with Gasteiger partial charge >= 0.3 is 6.18 Å². The molecule has 1 aromatic rings. The Hall–Kier alpha value is -1.56. The van der Waals surface area contributed by atoms with Gasteiger partial charge in [0.1, 0.15) is 0 Å². The fourth-order valence-electron chi connectivity index (χ4n) is 3.16. The van der Waals surface area contributed by atoms with E-state index in [1.807, 2.05) is 0 Å². The van der Waals surface area contributed by atoms with Crippen molar-refractivity contribution in [3.8, 4) is 0 Å². The molecule has 1 aromatic carbocycles. The number of rotatable bonds is 5. The Morgan fingerprint density at radius 3 is 2.87 bits per heavy atom. The molecule has 23 heavy (non-hydrogen) atoms. The summed E-state index contributed by atoms with van der Waals surface area (Å²) in [6.07, 6.45) is -0.594. The molecule has 6 heteroatoms. The van der Waals surface area contributed by atoms with Crippen molar-refractivity contribution in [2.75, 3.05) is 13.2 Å². The first-order valence-electron chi connectivity index (χ1n) is 8.01. The topological polar surface area (TPSA) is 38.3 Å². The number of nitrogens with one attached hydrogen (secondary N) is 1. The molecule has 1 aliphatic carbocycles. The maximum atomic E-state index is 12.7. The SMILES string of the molecule is O=C(NCC[C@@H]1CCCO1)[C@@H]1C[C@H]1c1cccc(C(F)(F)F)c1. The van der Waals surface area contributed by atoms with Crippen LogP contribution in [0.1, 0.15) is 42.7 Å². The van der Waals surface area contributed by atoms with E-state index < -0.39 is 11.7 Å². The van der Waals surface area contributed by atoms with Crippen molar-refractivity contribution in [2.24, 2.45) is 5.92 Å². The summed E-state index contributed by atoms with van der Waals surface area (Å²) in [5.41, 5.74) is -0.0569. The molecule has 126 valence electrons. The van der Waals surface area contributed by atoms with E-state index in [9.17, 15) is 18.0 Å². The second-order valence-electron chi connectivity index (χ2n) is 6.29. The minimum atomic E-state index is -4.34. The van der Waals surface area contributed by atoms with Crippen molar-refractivity contribution in [3.63, 3.8) is 0 Å². The number of amides is 1. The van der Waals surface area contributed by atoms with E-state index >= 15 is 0 Å². The van der Waals surface area contributed by atoms with Crippen LogP contribution >= 0.6 is 0 Å². The largest absolute Gasteiger partial charge is 0.416 e. The van der Waals surface area contributed by atoms with Gasteiger partial charge in [0, 0.05) is 19.1 Å². The Morgan fingerprint density at radius 1 is 1.35 bits per heavy atom. The van der Waals surface area contributed by atoms with Crippen LogP contribution in [0.4, 0.5) is 13.2 Å². The monoisotopic (exact) mass is 327 g/mol. The minimum absolute atomic E-state index is 0.0644. The van der Waals surface area contributed by atoms with Crippen LogP contribution in [0.2, 0.25) is 0 Å². The first kappa shape index (κ1) is 16.3. The molecule has 3 nitrogen and oxygen atoms in total. The van der Waals surface area contributed by atoms with Crippen molar-refractivity contribution in [2.45, 2.75) is 43.9 Å². The van der Waals surface area contributed by atoms with E-state index in [0.717, 1.165) is 38.0 Å². The molecule has 2 aliphatic rings. The average Bonchev–Trinajstić information content (AvgIpc) is 3.16. The van der Waals surface area contributed by atoms with Gasteiger partial charge in [-0.1, -0.05) is 18.2 Å². The van der Waals surface area contributed by atoms with Gasteiger partial charge in [-0.2, -0.15) is 13.2 Å². The average molecular weight is 327 g/mol. The number of carbonyl (C=O) groups excluding carboxylic acids is 1. The molecule has 0 aromatic heterocycles. The second kappa shape index (κ2) is 6.51. The van der Waals surface area contributed by atoms with Gasteiger partial charge in [0.2, 0.25) is 5.91 Å². The molecule has 0 spiro atoms. The zero-order valence-corrected chi connectivity index (χ0v) is 12.7. The third-order valence-electron chi connectivity index (χ3n) is 4.56. The van der Waals surface area contributed by atoms with Crippen LogP contribution in [-0.4, -0.2) is 25.2 Å². The molecular formula is C17H20F3NO2. The van der Waals surface area contributed by atoms with Crippen molar-refractivity contribution in [1.29, 1.82) is 0 Å². The zero-order chi connectivity index (χ0) is 16.4. The van der Waals surface area contributed by atoms with E-state index in [-0.39, 0.29) is 23.8 Å². The predicted octanol–water partition coefficient (Wildman–Crippen LogP) is 3.49. The van der Waals surface area contributed by atoms with Crippen LogP contribution in [-0.2, 0) is 15.7 Å². The summed E-state index contributed by atoms with van der Waals surface area (Å²) < 4.78 is 43.7. The summed E-state index contributed by atoms with van der Waals surface area (Å²) in [5, 5.41) is 2.87.